The monoisotopic (exact) mass is 527 g/mol. The number of nitrogens with zero attached hydrogens (tertiary/aromatic N) is 1. The molecule has 1 aliphatic rings. The van der Waals surface area contributed by atoms with Gasteiger partial charge in [0.1, 0.15) is 0 Å². The normalized spacial score (nSPS) is 20.0. The van der Waals surface area contributed by atoms with Crippen molar-refractivity contribution in [2.75, 3.05) is 97.3 Å². The van der Waals surface area contributed by atoms with Gasteiger partial charge in [-0.3, -0.25) is 0 Å². The Labute approximate surface area is 219 Å². The predicted octanol–water partition coefficient (Wildman–Crippen LogP) is 4.13. The number of hydrogen-bond donors (Lipinski definition) is 0. The molecule has 0 unspecified atom stereocenters. The van der Waals surface area contributed by atoms with Crippen molar-refractivity contribution < 1.29 is 32.8 Å². The average molecular weight is 528 g/mol. The highest BCUT2D eigenvalue weighted by atomic mass is 28.4. The van der Waals surface area contributed by atoms with Gasteiger partial charge in [0.2, 0.25) is 0 Å². The second kappa shape index (κ2) is 17.5. The minimum Gasteiger partial charge on any atom is -0.413 e. The molecule has 8 nitrogen and oxygen atoms in total. The molecule has 1 aromatic carbocycles. The number of hydrogen-bond acceptors (Lipinski definition) is 8. The van der Waals surface area contributed by atoms with Crippen LogP contribution in [0.5, 0.6) is 0 Å². The van der Waals surface area contributed by atoms with Crippen molar-refractivity contribution in [3.63, 3.8) is 0 Å². The summed E-state index contributed by atoms with van der Waals surface area (Å²) in [6.07, 6.45) is 0. The maximum absolute atomic E-state index is 6.38. The maximum Gasteiger partial charge on any atom is 0.192 e. The number of anilines is 1. The number of rotatable bonds is 4. The molecule has 208 valence electrons. The van der Waals surface area contributed by atoms with Gasteiger partial charge in [-0.1, -0.05) is 32.9 Å². The summed E-state index contributed by atoms with van der Waals surface area (Å²) in [7, 11) is -1.77. The predicted molar refractivity (Wildman–Crippen MR) is 146 cm³/mol. The summed E-state index contributed by atoms with van der Waals surface area (Å²) in [5.41, 5.74) is 2.35. The van der Waals surface area contributed by atoms with Crippen LogP contribution in [0.15, 0.2) is 24.3 Å². The molecule has 0 radical (unpaired) electrons. The summed E-state index contributed by atoms with van der Waals surface area (Å²) < 4.78 is 40.1. The fraction of sp³-hybridized carbons (Fsp3) is 0.778. The first-order valence-electron chi connectivity index (χ1n) is 13.2. The van der Waals surface area contributed by atoms with Crippen LogP contribution in [0.4, 0.5) is 5.69 Å². The van der Waals surface area contributed by atoms with Crippen LogP contribution in [-0.2, 0) is 39.5 Å². The van der Waals surface area contributed by atoms with Gasteiger partial charge in [0, 0.05) is 18.8 Å². The highest BCUT2D eigenvalue weighted by Gasteiger charge is 2.37. The molecule has 9 heteroatoms. The lowest BCUT2D eigenvalue weighted by molar-refractivity contribution is -0.0152. The Morgan fingerprint density at radius 3 is 1.36 bits per heavy atom. The van der Waals surface area contributed by atoms with Crippen LogP contribution in [0.1, 0.15) is 26.3 Å². The Morgan fingerprint density at radius 2 is 1.00 bits per heavy atom. The standard InChI is InChI=1S/C27H49NO7Si/c1-27(2,3)36(4,5)35-24-25-6-8-26(9-7-25)28-10-12-29-14-16-31-18-20-33-22-23-34-21-19-32-17-15-30-13-11-28/h6-9H,10-24H2,1-5H3. The molecule has 1 fully saturated rings. The summed E-state index contributed by atoms with van der Waals surface area (Å²) in [5.74, 6) is 0. The first-order chi connectivity index (χ1) is 17.3. The van der Waals surface area contributed by atoms with Gasteiger partial charge in [0.25, 0.3) is 0 Å². The zero-order valence-corrected chi connectivity index (χ0v) is 24.2. The Hall–Kier alpha value is -1.04. The van der Waals surface area contributed by atoms with Gasteiger partial charge in [-0.2, -0.15) is 0 Å². The van der Waals surface area contributed by atoms with Crippen LogP contribution >= 0.6 is 0 Å². The highest BCUT2D eigenvalue weighted by molar-refractivity contribution is 6.74. The third-order valence-electron chi connectivity index (χ3n) is 6.58. The molecular formula is C27H49NO7Si. The topological polar surface area (TPSA) is 67.9 Å². The first kappa shape index (κ1) is 31.2. The van der Waals surface area contributed by atoms with E-state index >= 15 is 0 Å². The summed E-state index contributed by atoms with van der Waals surface area (Å²) >= 11 is 0. The van der Waals surface area contributed by atoms with E-state index in [1.165, 1.54) is 5.56 Å². The van der Waals surface area contributed by atoms with Crippen LogP contribution in [0.3, 0.4) is 0 Å². The lowest BCUT2D eigenvalue weighted by Gasteiger charge is -2.36. The molecule has 0 aliphatic carbocycles. The van der Waals surface area contributed by atoms with E-state index in [1.807, 2.05) is 0 Å². The molecule has 0 aromatic heterocycles. The Balaban J connectivity index is 1.86. The largest absolute Gasteiger partial charge is 0.413 e. The molecule has 0 N–H and O–H groups in total. The van der Waals surface area contributed by atoms with Crippen LogP contribution in [-0.4, -0.2) is 101 Å². The van der Waals surface area contributed by atoms with Crippen LogP contribution in [0, 0.1) is 0 Å². The van der Waals surface area contributed by atoms with Gasteiger partial charge < -0.3 is 37.7 Å². The van der Waals surface area contributed by atoms with E-state index < -0.39 is 8.32 Å². The Morgan fingerprint density at radius 1 is 0.639 bits per heavy atom. The van der Waals surface area contributed by atoms with Gasteiger partial charge in [0.05, 0.1) is 85.9 Å². The Bertz CT molecular complexity index is 660. The third kappa shape index (κ3) is 13.0. The van der Waals surface area contributed by atoms with E-state index in [2.05, 4.69) is 63.0 Å². The SMILES string of the molecule is CC(C)(C)[Si](C)(C)OCc1ccc(N2CCOCCOCCOCCOCCOCCOCC2)cc1. The zero-order chi connectivity index (χ0) is 26.1. The second-order valence-corrected chi connectivity index (χ2v) is 15.2. The van der Waals surface area contributed by atoms with Gasteiger partial charge >= 0.3 is 0 Å². The Kier molecular flexibility index (Phi) is 15.1. The summed E-state index contributed by atoms with van der Waals surface area (Å²) in [5, 5.41) is 0.205. The van der Waals surface area contributed by atoms with Crippen molar-refractivity contribution in [2.45, 2.75) is 45.5 Å². The van der Waals surface area contributed by atoms with E-state index in [0.717, 1.165) is 18.8 Å². The van der Waals surface area contributed by atoms with Gasteiger partial charge in [-0.15, -0.1) is 0 Å². The average Bonchev–Trinajstić information content (AvgIpc) is 2.84. The molecule has 0 saturated carbocycles. The van der Waals surface area contributed by atoms with Crippen molar-refractivity contribution in [2.24, 2.45) is 0 Å². The van der Waals surface area contributed by atoms with Crippen molar-refractivity contribution in [1.29, 1.82) is 0 Å². The summed E-state index contributed by atoms with van der Waals surface area (Å²) in [4.78, 5) is 2.30. The molecule has 1 heterocycles. The smallest absolute Gasteiger partial charge is 0.192 e. The molecule has 1 saturated heterocycles. The quantitative estimate of drug-likeness (QED) is 0.542. The van der Waals surface area contributed by atoms with Crippen LogP contribution in [0.25, 0.3) is 0 Å². The number of ether oxygens (including phenoxy) is 6. The van der Waals surface area contributed by atoms with Gasteiger partial charge in [-0.25, -0.2) is 0 Å². The molecule has 1 aliphatic heterocycles. The zero-order valence-electron chi connectivity index (χ0n) is 23.2. The molecule has 0 bridgehead atoms. The van der Waals surface area contributed by atoms with E-state index in [1.54, 1.807) is 0 Å². The summed E-state index contributed by atoms with van der Waals surface area (Å²) in [6, 6.07) is 8.65. The van der Waals surface area contributed by atoms with Gasteiger partial charge in [-0.05, 0) is 35.8 Å². The van der Waals surface area contributed by atoms with Crippen molar-refractivity contribution in [3.8, 4) is 0 Å². The van der Waals surface area contributed by atoms with Crippen molar-refractivity contribution in [1.82, 2.24) is 0 Å². The van der Waals surface area contributed by atoms with Crippen LogP contribution < -0.4 is 4.90 Å². The molecule has 2 rings (SSSR count). The first-order valence-corrected chi connectivity index (χ1v) is 16.1. The van der Waals surface area contributed by atoms with Crippen LogP contribution in [0.2, 0.25) is 18.1 Å². The summed E-state index contributed by atoms with van der Waals surface area (Å²) in [6.45, 7) is 20.4. The minimum absolute atomic E-state index is 0.205. The molecule has 0 amide bonds. The van der Waals surface area contributed by atoms with E-state index in [4.69, 9.17) is 32.8 Å². The second-order valence-electron chi connectivity index (χ2n) is 10.4. The van der Waals surface area contributed by atoms with Gasteiger partial charge in [0.15, 0.2) is 8.32 Å². The fourth-order valence-electron chi connectivity index (χ4n) is 3.20. The van der Waals surface area contributed by atoms with E-state index in [0.29, 0.717) is 85.9 Å². The minimum atomic E-state index is -1.77. The van der Waals surface area contributed by atoms with E-state index in [-0.39, 0.29) is 5.04 Å². The fourth-order valence-corrected chi connectivity index (χ4v) is 4.16. The molecule has 0 spiro atoms. The lowest BCUT2D eigenvalue weighted by atomic mass is 10.2. The molecule has 1 aromatic rings. The molecular weight excluding hydrogens is 478 g/mol. The van der Waals surface area contributed by atoms with Crippen molar-refractivity contribution >= 4 is 14.0 Å². The number of benzene rings is 1. The lowest BCUT2D eigenvalue weighted by Crippen LogP contribution is -2.40. The molecule has 36 heavy (non-hydrogen) atoms. The highest BCUT2D eigenvalue weighted by Crippen LogP contribution is 2.37. The van der Waals surface area contributed by atoms with E-state index in [9.17, 15) is 0 Å². The maximum atomic E-state index is 6.38. The third-order valence-corrected chi connectivity index (χ3v) is 11.1. The van der Waals surface area contributed by atoms with Crippen molar-refractivity contribution in [3.05, 3.63) is 29.8 Å². The molecule has 0 atom stereocenters.